The molecule has 30 heavy (non-hydrogen) atoms. The number of primary amides is 2. The maximum absolute atomic E-state index is 14.5. The van der Waals surface area contributed by atoms with Crippen molar-refractivity contribution in [1.82, 2.24) is 9.97 Å². The van der Waals surface area contributed by atoms with Crippen LogP contribution in [0, 0.1) is 11.7 Å². The number of fused-ring (bicyclic) bond motifs is 1. The highest BCUT2D eigenvalue weighted by atomic mass is 19.1. The maximum atomic E-state index is 14.5. The Balaban J connectivity index is 1.90. The molecule has 9 heteroatoms. The molecular formula is C21H23FN6O2. The highest BCUT2D eigenvalue weighted by Crippen LogP contribution is 2.26. The number of nitrogens with two attached hydrogens (primary N) is 2. The number of nitrogens with zero attached hydrogens (tertiary/aromatic N) is 2. The van der Waals surface area contributed by atoms with E-state index in [-0.39, 0.29) is 29.2 Å². The molecule has 2 aromatic heterocycles. The lowest BCUT2D eigenvalue weighted by Gasteiger charge is -2.19. The van der Waals surface area contributed by atoms with Crippen LogP contribution in [0.2, 0.25) is 0 Å². The molecule has 156 valence electrons. The summed E-state index contributed by atoms with van der Waals surface area (Å²) in [5.74, 6) is -2.30. The summed E-state index contributed by atoms with van der Waals surface area (Å²) in [4.78, 5) is 31.6. The molecule has 6 N–H and O–H groups in total. The zero-order valence-corrected chi connectivity index (χ0v) is 16.6. The van der Waals surface area contributed by atoms with E-state index in [1.165, 1.54) is 0 Å². The summed E-state index contributed by atoms with van der Waals surface area (Å²) < 4.78 is 14.5. The number of hydrogen-bond acceptors (Lipinski definition) is 6. The van der Waals surface area contributed by atoms with Gasteiger partial charge in [0.25, 0.3) is 5.91 Å². The molecule has 2 heterocycles. The minimum absolute atomic E-state index is 0.0610. The Morgan fingerprint density at radius 2 is 1.90 bits per heavy atom. The molecule has 0 saturated carbocycles. The van der Waals surface area contributed by atoms with Gasteiger partial charge in [0.05, 0.1) is 11.1 Å². The molecule has 0 fully saturated rings. The normalized spacial score (nSPS) is 12.9. The Kier molecular flexibility index (Phi) is 6.10. The molecule has 0 saturated heterocycles. The lowest BCUT2D eigenvalue weighted by Crippen LogP contribution is -2.28. The van der Waals surface area contributed by atoms with Gasteiger partial charge in [-0.2, -0.15) is 0 Å². The van der Waals surface area contributed by atoms with E-state index >= 15 is 0 Å². The number of aromatic nitrogens is 2. The van der Waals surface area contributed by atoms with Crippen LogP contribution in [0.3, 0.4) is 0 Å². The van der Waals surface area contributed by atoms with Crippen molar-refractivity contribution in [2.45, 2.75) is 26.3 Å². The second kappa shape index (κ2) is 8.73. The third-order valence-electron chi connectivity index (χ3n) is 4.68. The summed E-state index contributed by atoms with van der Waals surface area (Å²) in [7, 11) is 0. The molecule has 0 radical (unpaired) electrons. The van der Waals surface area contributed by atoms with Crippen LogP contribution in [0.1, 0.15) is 30.6 Å². The second-order valence-electron chi connectivity index (χ2n) is 7.20. The Morgan fingerprint density at radius 1 is 1.13 bits per heavy atom. The first-order valence-corrected chi connectivity index (χ1v) is 9.42. The van der Waals surface area contributed by atoms with Gasteiger partial charge in [-0.25, -0.2) is 9.37 Å². The second-order valence-corrected chi connectivity index (χ2v) is 7.20. The predicted octanol–water partition coefficient (Wildman–Crippen LogP) is 2.92. The van der Waals surface area contributed by atoms with Crippen LogP contribution < -0.4 is 22.1 Å². The molecule has 2 unspecified atom stereocenters. The summed E-state index contributed by atoms with van der Waals surface area (Å²) in [6, 6.07) is 9.89. The molecular weight excluding hydrogens is 387 g/mol. The van der Waals surface area contributed by atoms with Crippen molar-refractivity contribution in [1.29, 1.82) is 0 Å². The predicted molar refractivity (Wildman–Crippen MR) is 114 cm³/mol. The Hall–Kier alpha value is -3.75. The van der Waals surface area contributed by atoms with Gasteiger partial charge in [-0.3, -0.25) is 14.6 Å². The van der Waals surface area contributed by atoms with Crippen molar-refractivity contribution < 1.29 is 14.0 Å². The molecule has 2 atom stereocenters. The van der Waals surface area contributed by atoms with Gasteiger partial charge in [-0.1, -0.05) is 13.0 Å². The number of hydrogen-bond donors (Lipinski definition) is 4. The van der Waals surface area contributed by atoms with E-state index in [4.69, 9.17) is 11.5 Å². The standard InChI is InChI=1S/C21H23FN6O2/c1-11(18(23)29)8-12(2)26-21-16(22)10-15(19(24)30)20(28-21)27-14-5-6-17-13(9-14)4-3-7-25-17/h3-7,9-12H,8H2,1-2H3,(H2,23,29)(H2,24,30)(H2,26,27,28). The fourth-order valence-corrected chi connectivity index (χ4v) is 3.10. The van der Waals surface area contributed by atoms with Crippen LogP contribution >= 0.6 is 0 Å². The Bertz CT molecular complexity index is 1100. The molecule has 3 aromatic rings. The van der Waals surface area contributed by atoms with Crippen molar-refractivity contribution >= 4 is 40.0 Å². The van der Waals surface area contributed by atoms with Crippen LogP contribution in [0.25, 0.3) is 10.9 Å². The first-order chi connectivity index (χ1) is 14.2. The van der Waals surface area contributed by atoms with Crippen molar-refractivity contribution in [3.05, 3.63) is 54.0 Å². The van der Waals surface area contributed by atoms with Gasteiger partial charge in [0.2, 0.25) is 5.91 Å². The summed E-state index contributed by atoms with van der Waals surface area (Å²) in [6.45, 7) is 3.48. The smallest absolute Gasteiger partial charge is 0.252 e. The molecule has 0 aliphatic heterocycles. The number of halogens is 1. The Morgan fingerprint density at radius 3 is 2.60 bits per heavy atom. The van der Waals surface area contributed by atoms with E-state index in [0.29, 0.717) is 12.1 Å². The minimum Gasteiger partial charge on any atom is -0.369 e. The van der Waals surface area contributed by atoms with Gasteiger partial charge in [-0.15, -0.1) is 0 Å². The largest absolute Gasteiger partial charge is 0.369 e. The molecule has 1 aromatic carbocycles. The fraction of sp³-hybridized carbons (Fsp3) is 0.238. The summed E-state index contributed by atoms with van der Waals surface area (Å²) in [5, 5.41) is 6.83. The van der Waals surface area contributed by atoms with E-state index in [1.807, 2.05) is 24.3 Å². The fourth-order valence-electron chi connectivity index (χ4n) is 3.10. The Labute approximate surface area is 172 Å². The maximum Gasteiger partial charge on any atom is 0.252 e. The third-order valence-corrected chi connectivity index (χ3v) is 4.68. The number of amides is 2. The molecule has 0 aliphatic carbocycles. The van der Waals surface area contributed by atoms with Crippen molar-refractivity contribution in [2.24, 2.45) is 17.4 Å². The number of carbonyl (C=O) groups excluding carboxylic acids is 2. The SMILES string of the molecule is CC(CC(C)C(N)=O)Nc1nc(Nc2ccc3ncccc3c2)c(C(N)=O)cc1F. The van der Waals surface area contributed by atoms with E-state index in [1.54, 1.807) is 26.1 Å². The van der Waals surface area contributed by atoms with Gasteiger partial charge in [0.1, 0.15) is 5.82 Å². The lowest BCUT2D eigenvalue weighted by atomic mass is 10.0. The zero-order chi connectivity index (χ0) is 21.8. The van der Waals surface area contributed by atoms with E-state index in [0.717, 1.165) is 17.0 Å². The van der Waals surface area contributed by atoms with Crippen molar-refractivity contribution in [2.75, 3.05) is 10.6 Å². The quantitative estimate of drug-likeness (QED) is 0.451. The molecule has 3 rings (SSSR count). The number of nitrogens with one attached hydrogen (secondary N) is 2. The highest BCUT2D eigenvalue weighted by molar-refractivity contribution is 5.99. The number of carbonyl (C=O) groups is 2. The summed E-state index contributed by atoms with van der Waals surface area (Å²) in [6.07, 6.45) is 2.09. The third kappa shape index (κ3) is 4.80. The van der Waals surface area contributed by atoms with Crippen LogP contribution in [0.15, 0.2) is 42.6 Å². The van der Waals surface area contributed by atoms with E-state index in [9.17, 15) is 14.0 Å². The molecule has 0 aliphatic rings. The number of pyridine rings is 2. The van der Waals surface area contributed by atoms with Gasteiger partial charge in [0, 0.05) is 29.2 Å². The average Bonchev–Trinajstić information content (AvgIpc) is 2.69. The van der Waals surface area contributed by atoms with Crippen LogP contribution in [0.5, 0.6) is 0 Å². The van der Waals surface area contributed by atoms with Gasteiger partial charge < -0.3 is 22.1 Å². The number of anilines is 3. The molecule has 0 spiro atoms. The highest BCUT2D eigenvalue weighted by Gasteiger charge is 2.19. The first kappa shape index (κ1) is 21.0. The number of benzene rings is 1. The van der Waals surface area contributed by atoms with Gasteiger partial charge in [0.15, 0.2) is 11.6 Å². The average molecular weight is 410 g/mol. The van der Waals surface area contributed by atoms with Gasteiger partial charge in [-0.05, 0) is 43.7 Å². The first-order valence-electron chi connectivity index (χ1n) is 9.42. The monoisotopic (exact) mass is 410 g/mol. The summed E-state index contributed by atoms with van der Waals surface area (Å²) in [5.41, 5.74) is 12.1. The topological polar surface area (TPSA) is 136 Å². The number of rotatable bonds is 8. The molecule has 0 bridgehead atoms. The minimum atomic E-state index is -0.812. The zero-order valence-electron chi connectivity index (χ0n) is 16.6. The van der Waals surface area contributed by atoms with Crippen molar-refractivity contribution in [3.8, 4) is 0 Å². The van der Waals surface area contributed by atoms with Gasteiger partial charge >= 0.3 is 0 Å². The van der Waals surface area contributed by atoms with Crippen LogP contribution in [0.4, 0.5) is 21.7 Å². The molecule has 2 amide bonds. The van der Waals surface area contributed by atoms with Crippen molar-refractivity contribution in [3.63, 3.8) is 0 Å². The van der Waals surface area contributed by atoms with Crippen LogP contribution in [-0.4, -0.2) is 27.8 Å². The van der Waals surface area contributed by atoms with E-state index < -0.39 is 17.6 Å². The van der Waals surface area contributed by atoms with Crippen LogP contribution in [-0.2, 0) is 4.79 Å². The molecule has 8 nitrogen and oxygen atoms in total. The lowest BCUT2D eigenvalue weighted by molar-refractivity contribution is -0.121. The summed E-state index contributed by atoms with van der Waals surface area (Å²) >= 11 is 0. The van der Waals surface area contributed by atoms with E-state index in [2.05, 4.69) is 20.6 Å².